The van der Waals surface area contributed by atoms with Crippen LogP contribution in [0.15, 0.2) is 0 Å². The van der Waals surface area contributed by atoms with E-state index in [1.165, 1.54) is 0 Å². The smallest absolute Gasteiger partial charge is 0.326 e. The van der Waals surface area contributed by atoms with E-state index in [2.05, 4.69) is 25.8 Å². The molecule has 1 aromatic heterocycles. The zero-order valence-electron chi connectivity index (χ0n) is 12.0. The van der Waals surface area contributed by atoms with E-state index in [0.29, 0.717) is 17.8 Å². The van der Waals surface area contributed by atoms with E-state index >= 15 is 0 Å². The first-order chi connectivity index (χ1) is 9.29. The van der Waals surface area contributed by atoms with E-state index in [-0.39, 0.29) is 11.9 Å². The second-order valence-electron chi connectivity index (χ2n) is 4.93. The fourth-order valence-corrected chi connectivity index (χ4v) is 1.50. The molecule has 0 aliphatic heterocycles. The van der Waals surface area contributed by atoms with Gasteiger partial charge in [0, 0.05) is 0 Å². The van der Waals surface area contributed by atoms with E-state index in [4.69, 9.17) is 5.11 Å². The summed E-state index contributed by atoms with van der Waals surface area (Å²) in [6, 6.07) is -1.61. The molecule has 20 heavy (non-hydrogen) atoms. The van der Waals surface area contributed by atoms with Crippen LogP contribution in [0.4, 0.5) is 10.7 Å². The monoisotopic (exact) mass is 281 g/mol. The number of nitrogens with zero attached hydrogens (tertiary/aromatic N) is 3. The summed E-state index contributed by atoms with van der Waals surface area (Å²) in [6.45, 7) is 7.26. The van der Waals surface area contributed by atoms with Gasteiger partial charge in [0.05, 0.1) is 11.4 Å². The number of carboxylic acids is 1. The topological polar surface area (TPSA) is 117 Å². The van der Waals surface area contributed by atoms with Gasteiger partial charge in [-0.1, -0.05) is 13.8 Å². The number of carbonyl (C=O) groups is 2. The van der Waals surface area contributed by atoms with Gasteiger partial charge >= 0.3 is 12.0 Å². The van der Waals surface area contributed by atoms with E-state index in [1.807, 2.05) is 13.8 Å². The molecular formula is C12H19N5O3. The van der Waals surface area contributed by atoms with Crippen molar-refractivity contribution < 1.29 is 14.7 Å². The lowest BCUT2D eigenvalue weighted by Gasteiger charge is -2.16. The summed E-state index contributed by atoms with van der Waals surface area (Å²) in [6.07, 6.45) is 0.342. The van der Waals surface area contributed by atoms with Crippen molar-refractivity contribution in [3.63, 3.8) is 0 Å². The predicted octanol–water partition coefficient (Wildman–Crippen LogP) is 1.11. The third kappa shape index (κ3) is 4.79. The number of carbonyl (C=O) groups excluding carboxylic acids is 1. The molecule has 0 aliphatic rings. The van der Waals surface area contributed by atoms with Crippen molar-refractivity contribution in [3.05, 3.63) is 11.4 Å². The summed E-state index contributed by atoms with van der Waals surface area (Å²) in [5.41, 5.74) is 1.31. The number of aromatic nitrogens is 3. The highest BCUT2D eigenvalue weighted by Gasteiger charge is 2.21. The van der Waals surface area contributed by atoms with Gasteiger partial charge in [-0.2, -0.15) is 5.10 Å². The van der Waals surface area contributed by atoms with Crippen molar-refractivity contribution >= 4 is 17.9 Å². The number of hydrogen-bond acceptors (Lipinski definition) is 5. The minimum atomic E-state index is -1.08. The molecule has 1 aromatic rings. The summed E-state index contributed by atoms with van der Waals surface area (Å²) >= 11 is 0. The standard InChI is InChI=1S/C12H19N5O3/c1-6(2)5-9(10(18)19)14-12(20)15-11-13-7(3)8(4)16-17-11/h6,9H,5H2,1-4H3,(H,18,19)(H2,13,14,15,17,20)/t9-/m0/s1. The average Bonchev–Trinajstić information content (AvgIpc) is 2.32. The SMILES string of the molecule is Cc1nnc(NC(=O)N[C@@H](CC(C)C)C(=O)O)nc1C. The van der Waals surface area contributed by atoms with Crippen LogP contribution in [0.25, 0.3) is 0 Å². The van der Waals surface area contributed by atoms with Crippen molar-refractivity contribution in [1.29, 1.82) is 0 Å². The zero-order valence-corrected chi connectivity index (χ0v) is 12.0. The Morgan fingerprint density at radius 1 is 1.20 bits per heavy atom. The number of aryl methyl sites for hydroxylation is 2. The maximum atomic E-state index is 11.7. The number of aliphatic carboxylic acids is 1. The van der Waals surface area contributed by atoms with Crippen molar-refractivity contribution in [3.8, 4) is 0 Å². The van der Waals surface area contributed by atoms with Crippen LogP contribution in [0, 0.1) is 19.8 Å². The first kappa shape index (κ1) is 15.8. The number of urea groups is 1. The van der Waals surface area contributed by atoms with Crippen LogP contribution in [0.1, 0.15) is 31.7 Å². The summed E-state index contributed by atoms with van der Waals surface area (Å²) in [5.74, 6) is -0.886. The molecule has 0 aliphatic carbocycles. The van der Waals surface area contributed by atoms with Gasteiger partial charge in [-0.25, -0.2) is 14.6 Å². The molecule has 0 spiro atoms. The Kier molecular flexibility index (Phi) is 5.36. The van der Waals surface area contributed by atoms with Crippen LogP contribution in [0.5, 0.6) is 0 Å². The highest BCUT2D eigenvalue weighted by molar-refractivity contribution is 5.90. The Bertz CT molecular complexity index is 504. The molecule has 0 radical (unpaired) electrons. The van der Waals surface area contributed by atoms with Crippen LogP contribution in [-0.4, -0.2) is 38.3 Å². The molecule has 0 saturated carbocycles. The maximum absolute atomic E-state index is 11.7. The molecule has 0 saturated heterocycles. The van der Waals surface area contributed by atoms with Crippen molar-refractivity contribution in [2.45, 2.75) is 40.2 Å². The van der Waals surface area contributed by atoms with Gasteiger partial charge in [0.2, 0.25) is 0 Å². The largest absolute Gasteiger partial charge is 0.480 e. The zero-order chi connectivity index (χ0) is 15.3. The minimum absolute atomic E-state index is 0.0410. The molecule has 1 rings (SSSR count). The van der Waals surface area contributed by atoms with Crippen LogP contribution in [-0.2, 0) is 4.79 Å². The normalized spacial score (nSPS) is 12.1. The van der Waals surface area contributed by atoms with Crippen LogP contribution < -0.4 is 10.6 Å². The number of amides is 2. The molecule has 1 atom stereocenters. The maximum Gasteiger partial charge on any atom is 0.326 e. The molecule has 1 heterocycles. The highest BCUT2D eigenvalue weighted by atomic mass is 16.4. The second kappa shape index (κ2) is 6.78. The molecule has 110 valence electrons. The van der Waals surface area contributed by atoms with Crippen LogP contribution in [0.3, 0.4) is 0 Å². The average molecular weight is 281 g/mol. The lowest BCUT2D eigenvalue weighted by Crippen LogP contribution is -2.44. The molecule has 8 heteroatoms. The molecule has 2 amide bonds. The fourth-order valence-electron chi connectivity index (χ4n) is 1.50. The van der Waals surface area contributed by atoms with Crippen molar-refractivity contribution in [2.24, 2.45) is 5.92 Å². The number of anilines is 1. The lowest BCUT2D eigenvalue weighted by atomic mass is 10.0. The summed E-state index contributed by atoms with van der Waals surface area (Å²) < 4.78 is 0. The fraction of sp³-hybridized carbons (Fsp3) is 0.583. The van der Waals surface area contributed by atoms with E-state index in [9.17, 15) is 9.59 Å². The number of hydrogen-bond donors (Lipinski definition) is 3. The summed E-state index contributed by atoms with van der Waals surface area (Å²) in [7, 11) is 0. The Morgan fingerprint density at radius 3 is 2.35 bits per heavy atom. The number of nitrogens with one attached hydrogen (secondary N) is 2. The molecular weight excluding hydrogens is 262 g/mol. The molecule has 0 fully saturated rings. The van der Waals surface area contributed by atoms with Crippen molar-refractivity contribution in [1.82, 2.24) is 20.5 Å². The van der Waals surface area contributed by atoms with E-state index in [1.54, 1.807) is 13.8 Å². The Morgan fingerprint density at radius 2 is 1.85 bits per heavy atom. The molecule has 3 N–H and O–H groups in total. The van der Waals surface area contributed by atoms with Gasteiger partial charge in [0.15, 0.2) is 0 Å². The van der Waals surface area contributed by atoms with E-state index < -0.39 is 18.0 Å². The van der Waals surface area contributed by atoms with Gasteiger partial charge in [0.25, 0.3) is 5.95 Å². The van der Waals surface area contributed by atoms with Gasteiger partial charge in [-0.3, -0.25) is 5.32 Å². The summed E-state index contributed by atoms with van der Waals surface area (Å²) in [4.78, 5) is 26.8. The predicted molar refractivity (Wildman–Crippen MR) is 72.3 cm³/mol. The third-order valence-corrected chi connectivity index (χ3v) is 2.63. The number of rotatable bonds is 5. The Hall–Kier alpha value is -2.25. The van der Waals surface area contributed by atoms with Gasteiger partial charge in [-0.15, -0.1) is 5.10 Å². The first-order valence-electron chi connectivity index (χ1n) is 6.27. The van der Waals surface area contributed by atoms with Crippen LogP contribution in [0.2, 0.25) is 0 Å². The lowest BCUT2D eigenvalue weighted by molar-refractivity contribution is -0.139. The minimum Gasteiger partial charge on any atom is -0.480 e. The Labute approximate surface area is 117 Å². The Balaban J connectivity index is 2.65. The highest BCUT2D eigenvalue weighted by Crippen LogP contribution is 2.06. The molecule has 8 nitrogen and oxygen atoms in total. The van der Waals surface area contributed by atoms with Crippen LogP contribution >= 0.6 is 0 Å². The van der Waals surface area contributed by atoms with Gasteiger partial charge < -0.3 is 10.4 Å². The quantitative estimate of drug-likeness (QED) is 0.744. The second-order valence-corrected chi connectivity index (χ2v) is 4.93. The van der Waals surface area contributed by atoms with Crippen molar-refractivity contribution in [2.75, 3.05) is 5.32 Å². The van der Waals surface area contributed by atoms with Gasteiger partial charge in [0.1, 0.15) is 6.04 Å². The first-order valence-corrected chi connectivity index (χ1v) is 6.27. The third-order valence-electron chi connectivity index (χ3n) is 2.63. The summed E-state index contributed by atoms with van der Waals surface area (Å²) in [5, 5.41) is 21.3. The van der Waals surface area contributed by atoms with Gasteiger partial charge in [-0.05, 0) is 26.2 Å². The van der Waals surface area contributed by atoms with E-state index in [0.717, 1.165) is 0 Å². The molecule has 0 unspecified atom stereocenters. The molecule has 0 bridgehead atoms. The number of carboxylic acid groups (broad SMARTS) is 1. The molecule has 0 aromatic carbocycles.